The number of aliphatic hydroxyl groups excluding tert-OH is 1. The first-order valence-corrected chi connectivity index (χ1v) is 3.61. The van der Waals surface area contributed by atoms with Crippen molar-refractivity contribution in [3.05, 3.63) is 0 Å². The van der Waals surface area contributed by atoms with Gasteiger partial charge in [0.1, 0.15) is 0 Å². The maximum Gasteiger partial charge on any atom is 0.222 e. The third-order valence-corrected chi connectivity index (χ3v) is 1.47. The fourth-order valence-electron chi connectivity index (χ4n) is 0.539. The van der Waals surface area contributed by atoms with Crippen molar-refractivity contribution >= 4 is 5.91 Å². The molecule has 1 atom stereocenters. The van der Waals surface area contributed by atoms with E-state index >= 15 is 0 Å². The van der Waals surface area contributed by atoms with E-state index in [0.29, 0.717) is 6.54 Å². The Hall–Kier alpha value is -0.570. The van der Waals surface area contributed by atoms with Crippen LogP contribution in [-0.2, 0) is 4.79 Å². The Kier molecular flexibility index (Phi) is 4.94. The van der Waals surface area contributed by atoms with Crippen molar-refractivity contribution in [2.45, 2.75) is 20.3 Å². The van der Waals surface area contributed by atoms with Gasteiger partial charge in [-0.3, -0.25) is 4.79 Å². The third-order valence-electron chi connectivity index (χ3n) is 1.47. The highest BCUT2D eigenvalue weighted by Gasteiger charge is 2.07. The molecular formula is C7H15NO2. The number of carbonyl (C=O) groups is 1. The van der Waals surface area contributed by atoms with Gasteiger partial charge in [0.2, 0.25) is 5.91 Å². The van der Waals surface area contributed by atoms with Crippen LogP contribution in [0.4, 0.5) is 0 Å². The lowest BCUT2D eigenvalue weighted by molar-refractivity contribution is -0.124. The van der Waals surface area contributed by atoms with Crippen molar-refractivity contribution in [2.24, 2.45) is 5.92 Å². The molecule has 0 unspecified atom stereocenters. The second kappa shape index (κ2) is 5.23. The molecule has 3 heteroatoms. The fraction of sp³-hybridized carbons (Fsp3) is 0.857. The Bertz CT molecular complexity index is 104. The number of carbonyl (C=O) groups excluding carboxylic acids is 1. The standard InChI is InChI=1S/C7H15NO2/c1-3-6(2)7(10)8-4-5-9/h6,9H,3-5H2,1-2H3,(H,8,10)/t6-/m0/s1. The largest absolute Gasteiger partial charge is 0.395 e. The summed E-state index contributed by atoms with van der Waals surface area (Å²) in [7, 11) is 0. The molecule has 0 spiro atoms. The van der Waals surface area contributed by atoms with Gasteiger partial charge in [0.25, 0.3) is 0 Å². The normalized spacial score (nSPS) is 12.7. The second-order valence-corrected chi connectivity index (χ2v) is 2.32. The minimum absolute atomic E-state index is 0.0160. The van der Waals surface area contributed by atoms with Gasteiger partial charge >= 0.3 is 0 Å². The summed E-state index contributed by atoms with van der Waals surface area (Å²) in [5, 5.41) is 10.9. The van der Waals surface area contributed by atoms with Crippen molar-refractivity contribution in [3.8, 4) is 0 Å². The minimum Gasteiger partial charge on any atom is -0.395 e. The van der Waals surface area contributed by atoms with Crippen molar-refractivity contribution in [2.75, 3.05) is 13.2 Å². The zero-order chi connectivity index (χ0) is 7.98. The lowest BCUT2D eigenvalue weighted by Crippen LogP contribution is -2.31. The van der Waals surface area contributed by atoms with Crippen LogP contribution in [0, 0.1) is 5.92 Å². The van der Waals surface area contributed by atoms with E-state index in [0.717, 1.165) is 6.42 Å². The second-order valence-electron chi connectivity index (χ2n) is 2.32. The molecule has 0 aromatic rings. The number of rotatable bonds is 4. The van der Waals surface area contributed by atoms with E-state index in [4.69, 9.17) is 5.11 Å². The van der Waals surface area contributed by atoms with Crippen molar-refractivity contribution in [3.63, 3.8) is 0 Å². The van der Waals surface area contributed by atoms with Crippen molar-refractivity contribution in [1.82, 2.24) is 5.32 Å². The van der Waals surface area contributed by atoms with E-state index in [9.17, 15) is 4.79 Å². The highest BCUT2D eigenvalue weighted by Crippen LogP contribution is 1.98. The molecular weight excluding hydrogens is 130 g/mol. The number of hydrogen-bond donors (Lipinski definition) is 2. The van der Waals surface area contributed by atoms with E-state index < -0.39 is 0 Å². The van der Waals surface area contributed by atoms with E-state index in [-0.39, 0.29) is 18.4 Å². The Labute approximate surface area is 61.4 Å². The van der Waals surface area contributed by atoms with Gasteiger partial charge in [0, 0.05) is 12.5 Å². The van der Waals surface area contributed by atoms with Gasteiger partial charge < -0.3 is 10.4 Å². The Balaban J connectivity index is 3.42. The smallest absolute Gasteiger partial charge is 0.222 e. The van der Waals surface area contributed by atoms with Crippen LogP contribution in [0.1, 0.15) is 20.3 Å². The third kappa shape index (κ3) is 3.45. The van der Waals surface area contributed by atoms with Crippen molar-refractivity contribution < 1.29 is 9.90 Å². The molecule has 0 heterocycles. The summed E-state index contributed by atoms with van der Waals surface area (Å²) < 4.78 is 0. The van der Waals surface area contributed by atoms with Crippen LogP contribution in [0.2, 0.25) is 0 Å². The molecule has 3 nitrogen and oxygen atoms in total. The summed E-state index contributed by atoms with van der Waals surface area (Å²) >= 11 is 0. The first-order valence-electron chi connectivity index (χ1n) is 3.61. The Morgan fingerprint density at radius 2 is 2.30 bits per heavy atom. The minimum atomic E-state index is 0.0160. The van der Waals surface area contributed by atoms with Crippen LogP contribution >= 0.6 is 0 Å². The Morgan fingerprint density at radius 3 is 2.70 bits per heavy atom. The van der Waals surface area contributed by atoms with Gasteiger partial charge in [-0.25, -0.2) is 0 Å². The number of hydrogen-bond acceptors (Lipinski definition) is 2. The molecule has 2 N–H and O–H groups in total. The molecule has 0 aliphatic heterocycles. The molecule has 0 radical (unpaired) electrons. The molecule has 0 aliphatic carbocycles. The summed E-state index contributed by atoms with van der Waals surface area (Å²) in [4.78, 5) is 10.9. The lowest BCUT2D eigenvalue weighted by atomic mass is 10.1. The van der Waals surface area contributed by atoms with Gasteiger partial charge in [0.05, 0.1) is 6.61 Å². The van der Waals surface area contributed by atoms with E-state index in [2.05, 4.69) is 5.32 Å². The number of nitrogens with one attached hydrogen (secondary N) is 1. The van der Waals surface area contributed by atoms with E-state index in [1.807, 2.05) is 13.8 Å². The first-order chi connectivity index (χ1) is 4.72. The average Bonchev–Trinajstić information content (AvgIpc) is 1.98. The van der Waals surface area contributed by atoms with Crippen LogP contribution in [0.3, 0.4) is 0 Å². The van der Waals surface area contributed by atoms with Gasteiger partial charge in [-0.2, -0.15) is 0 Å². The topological polar surface area (TPSA) is 49.3 Å². The average molecular weight is 145 g/mol. The quantitative estimate of drug-likeness (QED) is 0.591. The monoisotopic (exact) mass is 145 g/mol. The predicted octanol–water partition coefficient (Wildman–Crippen LogP) is 0.141. The lowest BCUT2D eigenvalue weighted by Gasteiger charge is -2.07. The van der Waals surface area contributed by atoms with E-state index in [1.165, 1.54) is 0 Å². The van der Waals surface area contributed by atoms with Gasteiger partial charge in [-0.05, 0) is 6.42 Å². The summed E-state index contributed by atoms with van der Waals surface area (Å²) in [6.07, 6.45) is 0.845. The highest BCUT2D eigenvalue weighted by atomic mass is 16.3. The predicted molar refractivity (Wildman–Crippen MR) is 39.6 cm³/mol. The molecule has 1 amide bonds. The highest BCUT2D eigenvalue weighted by molar-refractivity contribution is 5.78. The van der Waals surface area contributed by atoms with Crippen molar-refractivity contribution in [1.29, 1.82) is 0 Å². The van der Waals surface area contributed by atoms with Crippen LogP contribution in [0.25, 0.3) is 0 Å². The summed E-state index contributed by atoms with van der Waals surface area (Å²) in [6, 6.07) is 0. The molecule has 0 saturated carbocycles. The number of amides is 1. The zero-order valence-corrected chi connectivity index (χ0v) is 6.55. The fourth-order valence-corrected chi connectivity index (χ4v) is 0.539. The SMILES string of the molecule is CC[C@H](C)C(=O)NCCO. The molecule has 10 heavy (non-hydrogen) atoms. The molecule has 0 aromatic carbocycles. The molecule has 60 valence electrons. The molecule has 0 rings (SSSR count). The molecule has 0 aliphatic rings. The van der Waals surface area contributed by atoms with Crippen LogP contribution in [-0.4, -0.2) is 24.2 Å². The summed E-state index contributed by atoms with van der Waals surface area (Å²) in [6.45, 7) is 4.21. The van der Waals surface area contributed by atoms with Crippen LogP contribution < -0.4 is 5.32 Å². The van der Waals surface area contributed by atoms with Crippen LogP contribution in [0.15, 0.2) is 0 Å². The summed E-state index contributed by atoms with van der Waals surface area (Å²) in [5.41, 5.74) is 0. The molecule has 0 aromatic heterocycles. The zero-order valence-electron chi connectivity index (χ0n) is 6.55. The molecule has 0 fully saturated rings. The molecule has 0 saturated heterocycles. The maximum atomic E-state index is 10.9. The Morgan fingerprint density at radius 1 is 1.70 bits per heavy atom. The van der Waals surface area contributed by atoms with Gasteiger partial charge in [-0.15, -0.1) is 0 Å². The summed E-state index contributed by atoms with van der Waals surface area (Å²) in [5.74, 6) is 0.0862. The molecule has 0 bridgehead atoms. The van der Waals surface area contributed by atoms with Crippen LogP contribution in [0.5, 0.6) is 0 Å². The van der Waals surface area contributed by atoms with Gasteiger partial charge in [-0.1, -0.05) is 13.8 Å². The number of aliphatic hydroxyl groups is 1. The first kappa shape index (κ1) is 9.43. The van der Waals surface area contributed by atoms with Gasteiger partial charge in [0.15, 0.2) is 0 Å². The van der Waals surface area contributed by atoms with E-state index in [1.54, 1.807) is 0 Å². The maximum absolute atomic E-state index is 10.9.